The first-order valence-electron chi connectivity index (χ1n) is 6.22. The number of ether oxygens (including phenoxy) is 1. The molecule has 1 rings (SSSR count). The van der Waals surface area contributed by atoms with Gasteiger partial charge in [0.2, 0.25) is 0 Å². The summed E-state index contributed by atoms with van der Waals surface area (Å²) in [5.74, 6) is -0.185. The lowest BCUT2D eigenvalue weighted by Crippen LogP contribution is -2.36. The van der Waals surface area contributed by atoms with E-state index >= 15 is 0 Å². The topological polar surface area (TPSA) is 38.3 Å². The third-order valence-electron chi connectivity index (χ3n) is 3.21. The van der Waals surface area contributed by atoms with Crippen LogP contribution in [0.3, 0.4) is 0 Å². The van der Waals surface area contributed by atoms with Crippen LogP contribution in [0.4, 0.5) is 0 Å². The Morgan fingerprint density at radius 3 is 2.50 bits per heavy atom. The van der Waals surface area contributed by atoms with Crippen molar-refractivity contribution in [3.63, 3.8) is 0 Å². The Hall–Kier alpha value is -1.35. The summed E-state index contributed by atoms with van der Waals surface area (Å²) in [6, 6.07) is 6.41. The predicted molar refractivity (Wildman–Crippen MR) is 73.4 cm³/mol. The number of nitrogens with one attached hydrogen (secondary N) is 1. The zero-order valence-corrected chi connectivity index (χ0v) is 12.0. The molecule has 0 aliphatic carbocycles. The van der Waals surface area contributed by atoms with E-state index in [0.29, 0.717) is 6.54 Å². The van der Waals surface area contributed by atoms with Crippen LogP contribution in [0.2, 0.25) is 0 Å². The fraction of sp³-hybridized carbons (Fsp3) is 0.533. The number of hydrogen-bond acceptors (Lipinski definition) is 3. The highest BCUT2D eigenvalue weighted by Crippen LogP contribution is 2.16. The monoisotopic (exact) mass is 249 g/mol. The van der Waals surface area contributed by atoms with Crippen LogP contribution in [0.1, 0.15) is 30.5 Å². The number of methoxy groups -OCH3 is 1. The quantitative estimate of drug-likeness (QED) is 0.815. The molecule has 3 nitrogen and oxygen atoms in total. The van der Waals surface area contributed by atoms with E-state index in [0.717, 1.165) is 6.54 Å². The SMILES string of the molecule is COC(=O)C(C)(C)CNCc1ccc(C)c(C)c1. The maximum Gasteiger partial charge on any atom is 0.312 e. The molecule has 0 bridgehead atoms. The summed E-state index contributed by atoms with van der Waals surface area (Å²) in [6.45, 7) is 9.34. The standard InChI is InChI=1S/C15H23NO2/c1-11-6-7-13(8-12(11)2)9-16-10-15(3,4)14(17)18-5/h6-8,16H,9-10H2,1-5H3. The Kier molecular flexibility index (Phi) is 4.91. The normalized spacial score (nSPS) is 11.4. The summed E-state index contributed by atoms with van der Waals surface area (Å²) in [5.41, 5.74) is 3.34. The number of carbonyl (C=O) groups excluding carboxylic acids is 1. The van der Waals surface area contributed by atoms with Crippen LogP contribution >= 0.6 is 0 Å². The lowest BCUT2D eigenvalue weighted by molar-refractivity contribution is -0.150. The largest absolute Gasteiger partial charge is 0.469 e. The summed E-state index contributed by atoms with van der Waals surface area (Å²) in [7, 11) is 1.42. The third-order valence-corrected chi connectivity index (χ3v) is 3.21. The molecule has 0 aliphatic heterocycles. The second kappa shape index (κ2) is 6.01. The van der Waals surface area contributed by atoms with Crippen molar-refractivity contribution in [1.29, 1.82) is 0 Å². The molecule has 0 heterocycles. The van der Waals surface area contributed by atoms with Crippen LogP contribution in [-0.4, -0.2) is 19.6 Å². The molecule has 0 saturated heterocycles. The maximum absolute atomic E-state index is 11.5. The zero-order valence-electron chi connectivity index (χ0n) is 12.0. The van der Waals surface area contributed by atoms with Gasteiger partial charge in [-0.05, 0) is 44.4 Å². The van der Waals surface area contributed by atoms with Crippen LogP contribution in [0.5, 0.6) is 0 Å². The molecule has 0 amide bonds. The maximum atomic E-state index is 11.5. The zero-order chi connectivity index (χ0) is 13.8. The number of aryl methyl sites for hydroxylation is 2. The number of hydrogen-bond donors (Lipinski definition) is 1. The van der Waals surface area contributed by atoms with Gasteiger partial charge in [-0.2, -0.15) is 0 Å². The van der Waals surface area contributed by atoms with Crippen molar-refractivity contribution in [1.82, 2.24) is 5.32 Å². The molecule has 1 aromatic rings. The lowest BCUT2D eigenvalue weighted by Gasteiger charge is -2.21. The number of benzene rings is 1. The van der Waals surface area contributed by atoms with E-state index in [1.807, 2.05) is 13.8 Å². The lowest BCUT2D eigenvalue weighted by atomic mass is 9.93. The number of esters is 1. The summed E-state index contributed by atoms with van der Waals surface area (Å²) >= 11 is 0. The van der Waals surface area contributed by atoms with E-state index in [1.54, 1.807) is 0 Å². The van der Waals surface area contributed by atoms with Crippen molar-refractivity contribution in [2.45, 2.75) is 34.2 Å². The van der Waals surface area contributed by atoms with Gasteiger partial charge in [-0.3, -0.25) is 4.79 Å². The van der Waals surface area contributed by atoms with E-state index in [4.69, 9.17) is 4.74 Å². The van der Waals surface area contributed by atoms with Crippen LogP contribution in [-0.2, 0) is 16.1 Å². The van der Waals surface area contributed by atoms with Gasteiger partial charge in [0.15, 0.2) is 0 Å². The summed E-state index contributed by atoms with van der Waals surface area (Å²) < 4.78 is 4.77. The predicted octanol–water partition coefficient (Wildman–Crippen LogP) is 2.59. The average Bonchev–Trinajstić information content (AvgIpc) is 2.32. The molecular formula is C15H23NO2. The first-order valence-corrected chi connectivity index (χ1v) is 6.22. The summed E-state index contributed by atoms with van der Waals surface area (Å²) in [5, 5.41) is 3.30. The minimum absolute atomic E-state index is 0.185. The number of carbonyl (C=O) groups is 1. The second-order valence-electron chi connectivity index (χ2n) is 5.40. The van der Waals surface area contributed by atoms with Crippen LogP contribution in [0, 0.1) is 19.3 Å². The smallest absolute Gasteiger partial charge is 0.312 e. The van der Waals surface area contributed by atoms with Gasteiger partial charge >= 0.3 is 5.97 Å². The molecule has 0 radical (unpaired) electrons. The van der Waals surface area contributed by atoms with Gasteiger partial charge in [0, 0.05) is 13.1 Å². The highest BCUT2D eigenvalue weighted by molar-refractivity contribution is 5.76. The molecule has 0 unspecified atom stereocenters. The first kappa shape index (κ1) is 14.7. The molecule has 0 atom stereocenters. The van der Waals surface area contributed by atoms with Crippen molar-refractivity contribution in [3.8, 4) is 0 Å². The third kappa shape index (κ3) is 3.84. The second-order valence-corrected chi connectivity index (χ2v) is 5.40. The van der Waals surface area contributed by atoms with Gasteiger partial charge < -0.3 is 10.1 Å². The molecule has 1 N–H and O–H groups in total. The van der Waals surface area contributed by atoms with Gasteiger partial charge in [-0.1, -0.05) is 18.2 Å². The molecule has 0 aliphatic rings. The Labute approximate surface area is 110 Å². The van der Waals surface area contributed by atoms with Crippen molar-refractivity contribution < 1.29 is 9.53 Å². The molecular weight excluding hydrogens is 226 g/mol. The van der Waals surface area contributed by atoms with E-state index < -0.39 is 5.41 Å². The Bertz CT molecular complexity index is 425. The molecule has 18 heavy (non-hydrogen) atoms. The van der Waals surface area contributed by atoms with E-state index in [-0.39, 0.29) is 5.97 Å². The molecule has 0 spiro atoms. The summed E-state index contributed by atoms with van der Waals surface area (Å²) in [6.07, 6.45) is 0. The van der Waals surface area contributed by atoms with Crippen molar-refractivity contribution in [2.75, 3.05) is 13.7 Å². The van der Waals surface area contributed by atoms with Crippen LogP contribution < -0.4 is 5.32 Å². The van der Waals surface area contributed by atoms with Crippen LogP contribution in [0.15, 0.2) is 18.2 Å². The average molecular weight is 249 g/mol. The highest BCUT2D eigenvalue weighted by Gasteiger charge is 2.27. The minimum atomic E-state index is -0.492. The Balaban J connectivity index is 2.51. The van der Waals surface area contributed by atoms with E-state index in [9.17, 15) is 4.79 Å². The van der Waals surface area contributed by atoms with Crippen molar-refractivity contribution in [2.24, 2.45) is 5.41 Å². The molecule has 100 valence electrons. The van der Waals surface area contributed by atoms with Gasteiger partial charge in [0.05, 0.1) is 12.5 Å². The Morgan fingerprint density at radius 2 is 1.94 bits per heavy atom. The molecule has 0 aromatic heterocycles. The fourth-order valence-electron chi connectivity index (χ4n) is 1.78. The van der Waals surface area contributed by atoms with E-state index in [2.05, 4.69) is 37.4 Å². The number of rotatable bonds is 5. The molecule has 1 aromatic carbocycles. The summed E-state index contributed by atoms with van der Waals surface area (Å²) in [4.78, 5) is 11.5. The van der Waals surface area contributed by atoms with E-state index in [1.165, 1.54) is 23.8 Å². The van der Waals surface area contributed by atoms with Gasteiger partial charge in [-0.25, -0.2) is 0 Å². The highest BCUT2D eigenvalue weighted by atomic mass is 16.5. The molecule has 0 fully saturated rings. The van der Waals surface area contributed by atoms with Gasteiger partial charge in [0.1, 0.15) is 0 Å². The minimum Gasteiger partial charge on any atom is -0.469 e. The van der Waals surface area contributed by atoms with Gasteiger partial charge in [-0.15, -0.1) is 0 Å². The molecule has 3 heteroatoms. The Morgan fingerprint density at radius 1 is 1.28 bits per heavy atom. The van der Waals surface area contributed by atoms with Crippen molar-refractivity contribution in [3.05, 3.63) is 34.9 Å². The van der Waals surface area contributed by atoms with Crippen LogP contribution in [0.25, 0.3) is 0 Å². The first-order chi connectivity index (χ1) is 8.36. The van der Waals surface area contributed by atoms with Crippen molar-refractivity contribution >= 4 is 5.97 Å². The van der Waals surface area contributed by atoms with Gasteiger partial charge in [0.25, 0.3) is 0 Å². The molecule has 0 saturated carbocycles. The fourth-order valence-corrected chi connectivity index (χ4v) is 1.78.